The van der Waals surface area contributed by atoms with Crippen molar-refractivity contribution in [3.05, 3.63) is 35.6 Å². The predicted octanol–water partition coefficient (Wildman–Crippen LogP) is 2.26. The molecule has 1 N–H and O–H groups in total. The third-order valence-electron chi connectivity index (χ3n) is 2.98. The molecule has 0 unspecified atom stereocenters. The molecule has 0 aliphatic heterocycles. The Morgan fingerprint density at radius 2 is 1.81 bits per heavy atom. The highest BCUT2D eigenvalue weighted by Crippen LogP contribution is 2.15. The Labute approximate surface area is 97.5 Å². The van der Waals surface area contributed by atoms with Gasteiger partial charge in [-0.3, -0.25) is 4.90 Å². The fraction of sp³-hybridized carbons (Fsp3) is 0.538. The molecule has 0 amide bonds. The standard InChI is InChI=1S/C13H21FN2/c1-13(2,10-15-3)16(4)9-11-5-7-12(14)8-6-11/h5-8,15H,9-10H2,1-4H3. The highest BCUT2D eigenvalue weighted by atomic mass is 19.1. The molecule has 1 aromatic carbocycles. The van der Waals surface area contributed by atoms with Crippen LogP contribution in [0.3, 0.4) is 0 Å². The van der Waals surface area contributed by atoms with Gasteiger partial charge < -0.3 is 5.32 Å². The molecule has 0 aromatic heterocycles. The number of hydrogen-bond acceptors (Lipinski definition) is 2. The zero-order valence-electron chi connectivity index (χ0n) is 10.5. The summed E-state index contributed by atoms with van der Waals surface area (Å²) in [6, 6.07) is 6.69. The van der Waals surface area contributed by atoms with Crippen molar-refractivity contribution < 1.29 is 4.39 Å². The molecule has 0 aliphatic carbocycles. The van der Waals surface area contributed by atoms with Crippen molar-refractivity contribution in [3.63, 3.8) is 0 Å². The predicted molar refractivity (Wildman–Crippen MR) is 65.9 cm³/mol. The van der Waals surface area contributed by atoms with Crippen LogP contribution in [-0.4, -0.2) is 31.1 Å². The summed E-state index contributed by atoms with van der Waals surface area (Å²) >= 11 is 0. The Balaban J connectivity index is 2.63. The van der Waals surface area contributed by atoms with Gasteiger partial charge in [-0.25, -0.2) is 4.39 Å². The van der Waals surface area contributed by atoms with Crippen molar-refractivity contribution in [2.45, 2.75) is 25.9 Å². The van der Waals surface area contributed by atoms with Crippen LogP contribution < -0.4 is 5.32 Å². The van der Waals surface area contributed by atoms with E-state index in [4.69, 9.17) is 0 Å². The van der Waals surface area contributed by atoms with Crippen molar-refractivity contribution in [2.24, 2.45) is 0 Å². The monoisotopic (exact) mass is 224 g/mol. The molecule has 0 atom stereocenters. The largest absolute Gasteiger partial charge is 0.318 e. The maximum absolute atomic E-state index is 12.8. The zero-order valence-corrected chi connectivity index (χ0v) is 10.5. The SMILES string of the molecule is CNCC(C)(C)N(C)Cc1ccc(F)cc1. The van der Waals surface area contributed by atoms with E-state index in [0.29, 0.717) is 0 Å². The second kappa shape index (κ2) is 5.41. The van der Waals surface area contributed by atoms with Gasteiger partial charge in [-0.15, -0.1) is 0 Å². The average Bonchev–Trinajstić information content (AvgIpc) is 2.21. The summed E-state index contributed by atoms with van der Waals surface area (Å²) in [5, 5.41) is 3.18. The molecule has 16 heavy (non-hydrogen) atoms. The average molecular weight is 224 g/mol. The van der Waals surface area contributed by atoms with Crippen LogP contribution in [0.5, 0.6) is 0 Å². The van der Waals surface area contributed by atoms with E-state index in [1.807, 2.05) is 19.2 Å². The van der Waals surface area contributed by atoms with E-state index in [2.05, 4.69) is 31.1 Å². The Hall–Kier alpha value is -0.930. The van der Waals surface area contributed by atoms with Crippen LogP contribution in [-0.2, 0) is 6.54 Å². The minimum atomic E-state index is -0.180. The number of benzene rings is 1. The van der Waals surface area contributed by atoms with E-state index in [9.17, 15) is 4.39 Å². The third-order valence-corrected chi connectivity index (χ3v) is 2.98. The van der Waals surface area contributed by atoms with Crippen LogP contribution in [0.4, 0.5) is 4.39 Å². The molecule has 3 heteroatoms. The van der Waals surface area contributed by atoms with Crippen LogP contribution >= 0.6 is 0 Å². The van der Waals surface area contributed by atoms with Gasteiger partial charge in [0.15, 0.2) is 0 Å². The first-order valence-corrected chi connectivity index (χ1v) is 5.56. The van der Waals surface area contributed by atoms with E-state index >= 15 is 0 Å². The first-order chi connectivity index (χ1) is 7.45. The van der Waals surface area contributed by atoms with E-state index in [1.54, 1.807) is 0 Å². The molecule has 0 radical (unpaired) electrons. The van der Waals surface area contributed by atoms with Crippen LogP contribution in [0.1, 0.15) is 19.4 Å². The minimum absolute atomic E-state index is 0.0864. The van der Waals surface area contributed by atoms with Gasteiger partial charge in [0.1, 0.15) is 5.82 Å². The molecule has 1 aromatic rings. The molecule has 0 aliphatic rings. The molecule has 0 fully saturated rings. The van der Waals surface area contributed by atoms with Crippen molar-refractivity contribution in [1.82, 2.24) is 10.2 Å². The number of rotatable bonds is 5. The number of likely N-dealkylation sites (N-methyl/N-ethyl adjacent to an activating group) is 2. The highest BCUT2D eigenvalue weighted by Gasteiger charge is 2.22. The Morgan fingerprint density at radius 3 is 2.31 bits per heavy atom. The summed E-state index contributed by atoms with van der Waals surface area (Å²) in [6.45, 7) is 6.12. The molecule has 0 heterocycles. The fourth-order valence-corrected chi connectivity index (χ4v) is 1.65. The maximum atomic E-state index is 12.8. The van der Waals surface area contributed by atoms with Gasteiger partial charge in [-0.2, -0.15) is 0 Å². The van der Waals surface area contributed by atoms with E-state index in [-0.39, 0.29) is 11.4 Å². The molecule has 0 bridgehead atoms. The van der Waals surface area contributed by atoms with Crippen LogP contribution in [0.2, 0.25) is 0 Å². The molecule has 2 nitrogen and oxygen atoms in total. The van der Waals surface area contributed by atoms with Crippen molar-refractivity contribution in [2.75, 3.05) is 20.6 Å². The molecular formula is C13H21FN2. The maximum Gasteiger partial charge on any atom is 0.123 e. The summed E-state index contributed by atoms with van der Waals surface area (Å²) in [5.74, 6) is -0.180. The summed E-state index contributed by atoms with van der Waals surface area (Å²) < 4.78 is 12.8. The smallest absolute Gasteiger partial charge is 0.123 e. The zero-order chi connectivity index (χ0) is 12.2. The summed E-state index contributed by atoms with van der Waals surface area (Å²) in [6.07, 6.45) is 0. The van der Waals surface area contributed by atoms with E-state index in [0.717, 1.165) is 18.7 Å². The van der Waals surface area contributed by atoms with Gasteiger partial charge in [0.2, 0.25) is 0 Å². The lowest BCUT2D eigenvalue weighted by atomic mass is 10.0. The summed E-state index contributed by atoms with van der Waals surface area (Å²) in [4.78, 5) is 2.26. The lowest BCUT2D eigenvalue weighted by molar-refractivity contribution is 0.147. The van der Waals surface area contributed by atoms with Gasteiger partial charge in [0.25, 0.3) is 0 Å². The fourth-order valence-electron chi connectivity index (χ4n) is 1.65. The minimum Gasteiger partial charge on any atom is -0.318 e. The normalized spacial score (nSPS) is 12.1. The van der Waals surface area contributed by atoms with E-state index < -0.39 is 0 Å². The molecule has 90 valence electrons. The van der Waals surface area contributed by atoms with Crippen LogP contribution in [0, 0.1) is 5.82 Å². The molecule has 0 spiro atoms. The topological polar surface area (TPSA) is 15.3 Å². The third kappa shape index (κ3) is 3.58. The molecule has 0 saturated heterocycles. The van der Waals surface area contributed by atoms with Gasteiger partial charge >= 0.3 is 0 Å². The van der Waals surface area contributed by atoms with Gasteiger partial charge in [0.05, 0.1) is 0 Å². The molecular weight excluding hydrogens is 203 g/mol. The number of hydrogen-bond donors (Lipinski definition) is 1. The lowest BCUT2D eigenvalue weighted by Crippen LogP contribution is -2.47. The second-order valence-electron chi connectivity index (χ2n) is 4.83. The van der Waals surface area contributed by atoms with E-state index in [1.165, 1.54) is 12.1 Å². The van der Waals surface area contributed by atoms with Gasteiger partial charge in [-0.1, -0.05) is 12.1 Å². The second-order valence-corrected chi connectivity index (χ2v) is 4.83. The van der Waals surface area contributed by atoms with Gasteiger partial charge in [-0.05, 0) is 45.6 Å². The first-order valence-electron chi connectivity index (χ1n) is 5.56. The van der Waals surface area contributed by atoms with Crippen LogP contribution in [0.25, 0.3) is 0 Å². The Bertz CT molecular complexity index is 319. The quantitative estimate of drug-likeness (QED) is 0.825. The summed E-state index contributed by atoms with van der Waals surface area (Å²) in [5.41, 5.74) is 1.22. The highest BCUT2D eigenvalue weighted by molar-refractivity contribution is 5.16. The molecule has 0 saturated carbocycles. The first kappa shape index (κ1) is 13.1. The number of halogens is 1. The number of nitrogens with one attached hydrogen (secondary N) is 1. The Morgan fingerprint density at radius 1 is 1.25 bits per heavy atom. The Kier molecular flexibility index (Phi) is 4.44. The van der Waals surface area contributed by atoms with Gasteiger partial charge in [0, 0.05) is 18.6 Å². The van der Waals surface area contributed by atoms with Crippen molar-refractivity contribution in [3.8, 4) is 0 Å². The molecule has 1 rings (SSSR count). The van der Waals surface area contributed by atoms with Crippen molar-refractivity contribution >= 4 is 0 Å². The van der Waals surface area contributed by atoms with Crippen molar-refractivity contribution in [1.29, 1.82) is 0 Å². The number of nitrogens with zero attached hydrogens (tertiary/aromatic N) is 1. The lowest BCUT2D eigenvalue weighted by Gasteiger charge is -2.35. The van der Waals surface area contributed by atoms with Crippen LogP contribution in [0.15, 0.2) is 24.3 Å². The summed E-state index contributed by atoms with van der Waals surface area (Å²) in [7, 11) is 4.04.